The van der Waals surface area contributed by atoms with Crippen molar-refractivity contribution in [3.8, 4) is 0 Å². The van der Waals surface area contributed by atoms with Gasteiger partial charge in [-0.25, -0.2) is 9.97 Å². The average Bonchev–Trinajstić information content (AvgIpc) is 2.80. The lowest BCUT2D eigenvalue weighted by Crippen LogP contribution is -2.51. The van der Waals surface area contributed by atoms with Crippen molar-refractivity contribution in [3.63, 3.8) is 0 Å². The van der Waals surface area contributed by atoms with Crippen molar-refractivity contribution < 1.29 is 9.53 Å². The first-order chi connectivity index (χ1) is 15.0. The Morgan fingerprint density at radius 3 is 2.45 bits per heavy atom. The van der Waals surface area contributed by atoms with E-state index >= 15 is 0 Å². The van der Waals surface area contributed by atoms with E-state index in [1.165, 1.54) is 5.69 Å². The molecule has 166 valence electrons. The minimum atomic E-state index is -0.639. The Kier molecular flexibility index (Phi) is 6.89. The number of primary amides is 1. The number of nitrogens with one attached hydrogen (secondary N) is 1. The van der Waals surface area contributed by atoms with Gasteiger partial charge < -0.3 is 20.7 Å². The summed E-state index contributed by atoms with van der Waals surface area (Å²) >= 11 is 6.18. The minimum Gasteiger partial charge on any atom is -0.381 e. The molecule has 8 nitrogen and oxygen atoms in total. The Morgan fingerprint density at radius 2 is 1.84 bits per heavy atom. The van der Waals surface area contributed by atoms with Crippen LogP contribution in [0, 0.1) is 0 Å². The third kappa shape index (κ3) is 5.08. The zero-order valence-corrected chi connectivity index (χ0v) is 18.6. The Labute approximate surface area is 187 Å². The SMILES string of the molecule is CCc1nc(C(N)=O)c(Nc2ccc(N3CCN(C4CCOCC4)CC3)cc2)nc1Cl. The zero-order chi connectivity index (χ0) is 21.8. The van der Waals surface area contributed by atoms with Gasteiger partial charge in [0.2, 0.25) is 0 Å². The summed E-state index contributed by atoms with van der Waals surface area (Å²) in [6.07, 6.45) is 2.85. The van der Waals surface area contributed by atoms with Gasteiger partial charge in [-0.05, 0) is 43.5 Å². The van der Waals surface area contributed by atoms with Crippen molar-refractivity contribution in [1.29, 1.82) is 0 Å². The highest BCUT2D eigenvalue weighted by atomic mass is 35.5. The monoisotopic (exact) mass is 444 g/mol. The molecule has 1 amide bonds. The van der Waals surface area contributed by atoms with E-state index in [0.29, 0.717) is 18.2 Å². The largest absolute Gasteiger partial charge is 0.381 e. The molecule has 2 aromatic rings. The van der Waals surface area contributed by atoms with E-state index in [2.05, 4.69) is 37.2 Å². The first-order valence-electron chi connectivity index (χ1n) is 10.8. The van der Waals surface area contributed by atoms with Crippen molar-refractivity contribution in [1.82, 2.24) is 14.9 Å². The molecular weight excluding hydrogens is 416 g/mol. The Morgan fingerprint density at radius 1 is 1.16 bits per heavy atom. The standard InChI is InChI=1S/C22H29ClN6O2/c1-2-18-20(23)27-22(19(26-18)21(24)30)25-15-3-5-16(6-4-15)28-9-11-29(12-10-28)17-7-13-31-14-8-17/h3-6,17H,2,7-14H2,1H3,(H2,24,30)(H,25,27). The second-order valence-corrected chi connectivity index (χ2v) is 8.27. The zero-order valence-electron chi connectivity index (χ0n) is 17.8. The number of aromatic nitrogens is 2. The van der Waals surface area contributed by atoms with Crippen molar-refractivity contribution in [3.05, 3.63) is 40.8 Å². The van der Waals surface area contributed by atoms with Crippen LogP contribution in [0.5, 0.6) is 0 Å². The van der Waals surface area contributed by atoms with E-state index in [0.717, 1.165) is 57.9 Å². The predicted octanol–water partition coefficient (Wildman–Crippen LogP) is 2.84. The summed E-state index contributed by atoms with van der Waals surface area (Å²) in [5, 5.41) is 3.40. The number of anilines is 3. The normalized spacial score (nSPS) is 18.2. The molecule has 1 aromatic carbocycles. The predicted molar refractivity (Wildman–Crippen MR) is 122 cm³/mol. The molecule has 0 aliphatic carbocycles. The average molecular weight is 445 g/mol. The highest BCUT2D eigenvalue weighted by molar-refractivity contribution is 6.30. The second-order valence-electron chi connectivity index (χ2n) is 7.91. The molecule has 0 radical (unpaired) electrons. The molecule has 1 aromatic heterocycles. The topological polar surface area (TPSA) is 96.6 Å². The molecule has 2 saturated heterocycles. The highest BCUT2D eigenvalue weighted by Crippen LogP contribution is 2.25. The first-order valence-corrected chi connectivity index (χ1v) is 11.2. The number of nitrogens with two attached hydrogens (primary N) is 1. The van der Waals surface area contributed by atoms with Gasteiger partial charge in [0.25, 0.3) is 5.91 Å². The molecule has 0 bridgehead atoms. The Hall–Kier alpha value is -2.42. The Balaban J connectivity index is 1.40. The third-order valence-electron chi connectivity index (χ3n) is 6.00. The van der Waals surface area contributed by atoms with E-state index in [9.17, 15) is 4.79 Å². The Bertz CT molecular complexity index is 909. The molecule has 2 aliphatic rings. The number of hydrogen-bond acceptors (Lipinski definition) is 7. The van der Waals surface area contributed by atoms with Crippen LogP contribution in [0.4, 0.5) is 17.2 Å². The number of piperazine rings is 1. The van der Waals surface area contributed by atoms with Gasteiger partial charge in [0, 0.05) is 56.8 Å². The van der Waals surface area contributed by atoms with Gasteiger partial charge in [-0.15, -0.1) is 0 Å². The maximum atomic E-state index is 11.8. The molecule has 31 heavy (non-hydrogen) atoms. The number of benzene rings is 1. The van der Waals surface area contributed by atoms with Gasteiger partial charge in [-0.1, -0.05) is 18.5 Å². The number of hydrogen-bond donors (Lipinski definition) is 2. The van der Waals surface area contributed by atoms with Crippen LogP contribution in [-0.4, -0.2) is 66.2 Å². The van der Waals surface area contributed by atoms with Crippen LogP contribution < -0.4 is 16.0 Å². The maximum Gasteiger partial charge on any atom is 0.271 e. The van der Waals surface area contributed by atoms with E-state index < -0.39 is 5.91 Å². The molecule has 3 N–H and O–H groups in total. The quantitative estimate of drug-likeness (QED) is 0.707. The number of ether oxygens (including phenoxy) is 1. The second kappa shape index (κ2) is 9.80. The van der Waals surface area contributed by atoms with Crippen LogP contribution in [-0.2, 0) is 11.2 Å². The molecule has 2 fully saturated rings. The maximum absolute atomic E-state index is 11.8. The van der Waals surface area contributed by atoms with Crippen molar-refractivity contribution >= 4 is 34.7 Å². The van der Waals surface area contributed by atoms with Crippen LogP contribution in [0.1, 0.15) is 35.9 Å². The molecule has 0 saturated carbocycles. The number of amides is 1. The van der Waals surface area contributed by atoms with Gasteiger partial charge >= 0.3 is 0 Å². The fraction of sp³-hybridized carbons (Fsp3) is 0.500. The van der Waals surface area contributed by atoms with E-state index in [1.807, 2.05) is 19.1 Å². The van der Waals surface area contributed by atoms with Crippen LogP contribution in [0.25, 0.3) is 0 Å². The molecular formula is C22H29ClN6O2. The summed E-state index contributed by atoms with van der Waals surface area (Å²) in [5.74, 6) is -0.368. The number of aryl methyl sites for hydroxylation is 1. The van der Waals surface area contributed by atoms with Crippen molar-refractivity contribution in [2.45, 2.75) is 32.2 Å². The first kappa shape index (κ1) is 21.8. The van der Waals surface area contributed by atoms with Crippen molar-refractivity contribution in [2.24, 2.45) is 5.73 Å². The minimum absolute atomic E-state index is 0.0922. The summed E-state index contributed by atoms with van der Waals surface area (Å²) in [6.45, 7) is 7.83. The summed E-state index contributed by atoms with van der Waals surface area (Å²) in [4.78, 5) is 25.4. The van der Waals surface area contributed by atoms with Crippen LogP contribution in [0.3, 0.4) is 0 Å². The van der Waals surface area contributed by atoms with Crippen molar-refractivity contribution in [2.75, 3.05) is 49.6 Å². The van der Waals surface area contributed by atoms with Gasteiger partial charge in [-0.2, -0.15) is 0 Å². The number of halogens is 1. The smallest absolute Gasteiger partial charge is 0.271 e. The molecule has 3 heterocycles. The van der Waals surface area contributed by atoms with E-state index in [1.54, 1.807) is 0 Å². The van der Waals surface area contributed by atoms with E-state index in [4.69, 9.17) is 22.1 Å². The number of carbonyl (C=O) groups excluding carboxylic acids is 1. The van der Waals surface area contributed by atoms with Crippen LogP contribution in [0.15, 0.2) is 24.3 Å². The van der Waals surface area contributed by atoms with Gasteiger partial charge in [-0.3, -0.25) is 9.69 Å². The molecule has 0 spiro atoms. The summed E-state index contributed by atoms with van der Waals surface area (Å²) in [6, 6.07) is 8.74. The summed E-state index contributed by atoms with van der Waals surface area (Å²) in [7, 11) is 0. The number of carbonyl (C=O) groups is 1. The molecule has 0 unspecified atom stereocenters. The lowest BCUT2D eigenvalue weighted by molar-refractivity contribution is 0.0321. The third-order valence-corrected chi connectivity index (χ3v) is 6.31. The number of nitrogens with zero attached hydrogens (tertiary/aromatic N) is 4. The lowest BCUT2D eigenvalue weighted by Gasteiger charge is -2.41. The van der Waals surface area contributed by atoms with E-state index in [-0.39, 0.29) is 16.7 Å². The number of rotatable bonds is 6. The van der Waals surface area contributed by atoms with Gasteiger partial charge in [0.1, 0.15) is 0 Å². The molecule has 0 atom stereocenters. The summed E-state index contributed by atoms with van der Waals surface area (Å²) in [5.41, 5.74) is 8.10. The van der Waals surface area contributed by atoms with Crippen LogP contribution in [0.2, 0.25) is 5.15 Å². The highest BCUT2D eigenvalue weighted by Gasteiger charge is 2.25. The van der Waals surface area contributed by atoms with Crippen LogP contribution >= 0.6 is 11.6 Å². The fourth-order valence-corrected chi connectivity index (χ4v) is 4.48. The molecule has 2 aliphatic heterocycles. The molecule has 9 heteroatoms. The van der Waals surface area contributed by atoms with Gasteiger partial charge in [0.15, 0.2) is 16.7 Å². The summed E-state index contributed by atoms with van der Waals surface area (Å²) < 4.78 is 5.49. The fourth-order valence-electron chi connectivity index (χ4n) is 4.22. The van der Waals surface area contributed by atoms with Gasteiger partial charge in [0.05, 0.1) is 5.69 Å². The molecule has 4 rings (SSSR count). The lowest BCUT2D eigenvalue weighted by atomic mass is 10.1.